The van der Waals surface area contributed by atoms with Gasteiger partial charge < -0.3 is 0 Å². The number of unbranched alkanes of at least 4 members (excludes halogenated alkanes) is 7. The Morgan fingerprint density at radius 2 is 1.44 bits per heavy atom. The third kappa shape index (κ3) is 11.0. The van der Waals surface area contributed by atoms with E-state index in [1.165, 1.54) is 51.4 Å². The molecule has 0 N–H and O–H groups in total. The molecule has 96 valence electrons. The SMILES string of the molecule is C=CC[Si](Cl)(Cl)CCCCCCCCCC. The van der Waals surface area contributed by atoms with E-state index in [-0.39, 0.29) is 0 Å². The summed E-state index contributed by atoms with van der Waals surface area (Å²) >= 11 is 12.5. The van der Waals surface area contributed by atoms with Crippen LogP contribution in [0.4, 0.5) is 0 Å². The molecule has 0 aromatic rings. The lowest BCUT2D eigenvalue weighted by atomic mass is 10.1. The third-order valence-electron chi connectivity index (χ3n) is 2.84. The zero-order chi connectivity index (χ0) is 12.3. The predicted octanol–water partition coefficient (Wildman–Crippen LogP) is 6.23. The molecule has 0 aliphatic carbocycles. The van der Waals surface area contributed by atoms with Crippen molar-refractivity contribution in [1.82, 2.24) is 0 Å². The first-order valence-electron chi connectivity index (χ1n) is 6.61. The summed E-state index contributed by atoms with van der Waals surface area (Å²) in [6.45, 7) is 3.99. The largest absolute Gasteiger partial charge is 0.254 e. The van der Waals surface area contributed by atoms with Crippen molar-refractivity contribution in [2.24, 2.45) is 0 Å². The molecule has 0 bridgehead atoms. The van der Waals surface area contributed by atoms with Gasteiger partial charge in [-0.1, -0.05) is 64.4 Å². The molecule has 16 heavy (non-hydrogen) atoms. The summed E-state index contributed by atoms with van der Waals surface area (Å²) in [6, 6.07) is 1.85. The Morgan fingerprint density at radius 3 is 1.94 bits per heavy atom. The van der Waals surface area contributed by atoms with Crippen molar-refractivity contribution in [1.29, 1.82) is 0 Å². The van der Waals surface area contributed by atoms with Gasteiger partial charge in [-0.25, -0.2) is 0 Å². The second-order valence-corrected chi connectivity index (χ2v) is 12.1. The Balaban J connectivity index is 3.23. The van der Waals surface area contributed by atoms with Crippen molar-refractivity contribution in [3.05, 3.63) is 12.7 Å². The summed E-state index contributed by atoms with van der Waals surface area (Å²) in [5.41, 5.74) is 0. The van der Waals surface area contributed by atoms with E-state index in [1.807, 2.05) is 6.08 Å². The Labute approximate surface area is 112 Å². The molecule has 0 amide bonds. The quantitative estimate of drug-likeness (QED) is 0.182. The lowest BCUT2D eigenvalue weighted by Crippen LogP contribution is -2.16. The molecule has 0 aliphatic heterocycles. The van der Waals surface area contributed by atoms with E-state index in [0.717, 1.165) is 12.1 Å². The summed E-state index contributed by atoms with van der Waals surface area (Å²) in [5.74, 6) is 0. The predicted molar refractivity (Wildman–Crippen MR) is 79.9 cm³/mol. The highest BCUT2D eigenvalue weighted by molar-refractivity contribution is 7.45. The fourth-order valence-electron chi connectivity index (χ4n) is 1.83. The van der Waals surface area contributed by atoms with Crippen molar-refractivity contribution < 1.29 is 0 Å². The van der Waals surface area contributed by atoms with E-state index in [4.69, 9.17) is 22.2 Å². The van der Waals surface area contributed by atoms with Gasteiger partial charge in [0.05, 0.1) is 0 Å². The molecule has 0 saturated heterocycles. The summed E-state index contributed by atoms with van der Waals surface area (Å²) < 4.78 is 0. The first-order valence-corrected chi connectivity index (χ1v) is 11.0. The van der Waals surface area contributed by atoms with Gasteiger partial charge in [-0.3, -0.25) is 0 Å². The summed E-state index contributed by atoms with van der Waals surface area (Å²) in [4.78, 5) is 0. The number of allylic oxidation sites excluding steroid dienone is 1. The van der Waals surface area contributed by atoms with E-state index in [0.29, 0.717) is 0 Å². The molecule has 0 heterocycles. The van der Waals surface area contributed by atoms with Gasteiger partial charge in [0.2, 0.25) is 0 Å². The molecule has 0 aromatic heterocycles. The third-order valence-corrected chi connectivity index (χ3v) is 6.87. The summed E-state index contributed by atoms with van der Waals surface area (Å²) in [6.07, 6.45) is 12.6. The van der Waals surface area contributed by atoms with Crippen LogP contribution in [0.15, 0.2) is 12.7 Å². The van der Waals surface area contributed by atoms with Crippen molar-refractivity contribution >= 4 is 28.9 Å². The van der Waals surface area contributed by atoms with Gasteiger partial charge in [0.25, 0.3) is 6.69 Å². The fourth-order valence-corrected chi connectivity index (χ4v) is 4.68. The molecule has 0 radical (unpaired) electrons. The number of halogens is 2. The Hall–Kier alpha value is 0.537. The van der Waals surface area contributed by atoms with Gasteiger partial charge in [-0.15, -0.1) is 28.7 Å². The standard InChI is InChI=1S/C13H26Cl2Si/c1-3-5-6-7-8-9-10-11-13-16(14,15)12-4-2/h4H,2-3,5-13H2,1H3. The molecular formula is C13H26Cl2Si. The molecule has 0 atom stereocenters. The van der Waals surface area contributed by atoms with Crippen molar-refractivity contribution in [2.45, 2.75) is 70.4 Å². The van der Waals surface area contributed by atoms with Crippen LogP contribution in [0.25, 0.3) is 0 Å². The number of hydrogen-bond donors (Lipinski definition) is 0. The van der Waals surface area contributed by atoms with Crippen molar-refractivity contribution in [2.75, 3.05) is 0 Å². The minimum Gasteiger partial charge on any atom is -0.146 e. The van der Waals surface area contributed by atoms with Crippen LogP contribution in [0, 0.1) is 0 Å². The molecule has 0 fully saturated rings. The van der Waals surface area contributed by atoms with E-state index in [1.54, 1.807) is 0 Å². The number of hydrogen-bond acceptors (Lipinski definition) is 0. The van der Waals surface area contributed by atoms with Gasteiger partial charge >= 0.3 is 0 Å². The molecule has 0 saturated carbocycles. The lowest BCUT2D eigenvalue weighted by molar-refractivity contribution is 0.584. The van der Waals surface area contributed by atoms with E-state index >= 15 is 0 Å². The molecule has 0 spiro atoms. The molecule has 0 aromatic carbocycles. The Morgan fingerprint density at radius 1 is 0.938 bits per heavy atom. The summed E-state index contributed by atoms with van der Waals surface area (Å²) in [5, 5.41) is 0. The Kier molecular flexibility index (Phi) is 11.0. The number of rotatable bonds is 11. The second kappa shape index (κ2) is 10.7. The Bertz CT molecular complexity index is 169. The highest BCUT2D eigenvalue weighted by Gasteiger charge is 2.25. The van der Waals surface area contributed by atoms with Gasteiger partial charge in [0.15, 0.2) is 0 Å². The molecule has 0 unspecified atom stereocenters. The van der Waals surface area contributed by atoms with E-state index in [9.17, 15) is 0 Å². The topological polar surface area (TPSA) is 0 Å². The van der Waals surface area contributed by atoms with Crippen LogP contribution in [0.1, 0.15) is 58.3 Å². The lowest BCUT2D eigenvalue weighted by Gasteiger charge is -2.13. The first kappa shape index (κ1) is 16.5. The molecule has 0 nitrogen and oxygen atoms in total. The van der Waals surface area contributed by atoms with Crippen LogP contribution >= 0.6 is 22.2 Å². The van der Waals surface area contributed by atoms with E-state index < -0.39 is 6.69 Å². The van der Waals surface area contributed by atoms with Crippen LogP contribution < -0.4 is 0 Å². The first-order chi connectivity index (χ1) is 7.62. The zero-order valence-electron chi connectivity index (χ0n) is 10.6. The average Bonchev–Trinajstić information content (AvgIpc) is 2.22. The smallest absolute Gasteiger partial charge is 0.146 e. The zero-order valence-corrected chi connectivity index (χ0v) is 13.1. The highest BCUT2D eigenvalue weighted by Crippen LogP contribution is 2.28. The monoisotopic (exact) mass is 280 g/mol. The normalized spacial score (nSPS) is 11.7. The van der Waals surface area contributed by atoms with Crippen LogP contribution in [-0.2, 0) is 0 Å². The molecular weight excluding hydrogens is 255 g/mol. The van der Waals surface area contributed by atoms with Crippen LogP contribution in [-0.4, -0.2) is 6.69 Å². The maximum Gasteiger partial charge on any atom is 0.254 e. The van der Waals surface area contributed by atoms with Crippen LogP contribution in [0.5, 0.6) is 0 Å². The fraction of sp³-hybridized carbons (Fsp3) is 0.846. The van der Waals surface area contributed by atoms with Gasteiger partial charge in [0.1, 0.15) is 0 Å². The molecule has 3 heteroatoms. The molecule has 0 rings (SSSR count). The minimum absolute atomic E-state index is 0.826. The average molecular weight is 281 g/mol. The van der Waals surface area contributed by atoms with Gasteiger partial charge in [-0.05, 0) is 12.1 Å². The highest BCUT2D eigenvalue weighted by atomic mass is 35.7. The maximum atomic E-state index is 6.25. The van der Waals surface area contributed by atoms with E-state index in [2.05, 4.69) is 13.5 Å². The summed E-state index contributed by atoms with van der Waals surface area (Å²) in [7, 11) is 0. The maximum absolute atomic E-state index is 6.25. The molecule has 0 aliphatic rings. The van der Waals surface area contributed by atoms with Gasteiger partial charge in [0, 0.05) is 0 Å². The van der Waals surface area contributed by atoms with Gasteiger partial charge in [-0.2, -0.15) is 0 Å². The minimum atomic E-state index is -1.96. The van der Waals surface area contributed by atoms with Crippen molar-refractivity contribution in [3.63, 3.8) is 0 Å². The van der Waals surface area contributed by atoms with Crippen LogP contribution in [0.3, 0.4) is 0 Å². The van der Waals surface area contributed by atoms with Crippen molar-refractivity contribution in [3.8, 4) is 0 Å². The van der Waals surface area contributed by atoms with Crippen LogP contribution in [0.2, 0.25) is 12.1 Å². The second-order valence-electron chi connectivity index (χ2n) is 4.57.